The number of benzene rings is 2. The Balaban J connectivity index is 0.00000118. The van der Waals surface area contributed by atoms with E-state index in [1.54, 1.807) is 14.4 Å². The molecule has 2 aromatic carbocycles. The van der Waals surface area contributed by atoms with Crippen molar-refractivity contribution in [2.75, 3.05) is 0 Å². The van der Waals surface area contributed by atoms with E-state index in [9.17, 15) is 0 Å². The van der Waals surface area contributed by atoms with Crippen LogP contribution in [0.3, 0.4) is 0 Å². The van der Waals surface area contributed by atoms with Gasteiger partial charge in [-0.25, -0.2) is 4.57 Å². The molecule has 0 unspecified atom stereocenters. The van der Waals surface area contributed by atoms with Crippen LogP contribution < -0.4 is 9.07 Å². The predicted molar refractivity (Wildman–Crippen MR) is 150 cm³/mol. The number of unbranched alkanes of at least 4 members (excludes halogenated alkanes) is 12. The molecular weight excluding hydrogens is 514 g/mol. The summed E-state index contributed by atoms with van der Waals surface area (Å²) in [6.45, 7) is 4.57. The van der Waals surface area contributed by atoms with Gasteiger partial charge in [0.05, 0.1) is 0 Å². The van der Waals surface area contributed by atoms with Crippen LogP contribution in [0.4, 0.5) is 0 Å². The van der Waals surface area contributed by atoms with E-state index in [2.05, 4.69) is 62.4 Å². The molecule has 0 aliphatic rings. The topological polar surface area (TPSA) is 77.8 Å². The number of hydrogen-bond acceptors (Lipinski definition) is 1. The zero-order valence-electron chi connectivity index (χ0n) is 22.4. The molecule has 0 aliphatic carbocycles. The summed E-state index contributed by atoms with van der Waals surface area (Å²) in [5.74, 6) is 0. The first-order valence-electron chi connectivity index (χ1n) is 13.9. The van der Waals surface area contributed by atoms with Crippen molar-refractivity contribution in [2.24, 2.45) is 0 Å². The minimum Gasteiger partial charge on any atom is -0.303 e. The molecule has 6 heteroatoms. The molecule has 0 amide bonds. The van der Waals surface area contributed by atoms with E-state index < -0.39 is 7.82 Å². The van der Waals surface area contributed by atoms with Crippen molar-refractivity contribution >= 4 is 16.9 Å². The van der Waals surface area contributed by atoms with Crippen molar-refractivity contribution < 1.29 is 33.7 Å². The van der Waals surface area contributed by atoms with E-state index in [1.165, 1.54) is 123 Å². The number of aryl methyl sites for hydroxylation is 2. The van der Waals surface area contributed by atoms with E-state index in [-0.39, 0.29) is 0 Å². The van der Waals surface area contributed by atoms with Gasteiger partial charge in [-0.15, -0.1) is 0 Å². The third-order valence-corrected chi connectivity index (χ3v) is 7.33. The minimum atomic E-state index is -4.64. The van der Waals surface area contributed by atoms with Gasteiger partial charge >= 0.3 is 194 Å². The van der Waals surface area contributed by atoms with Crippen molar-refractivity contribution in [3.05, 3.63) is 59.7 Å². The van der Waals surface area contributed by atoms with E-state index in [1.807, 2.05) is 0 Å². The molecule has 4 nitrogen and oxygen atoms in total. The van der Waals surface area contributed by atoms with Crippen LogP contribution in [0.15, 0.2) is 48.5 Å². The number of hydrogen-bond donors (Lipinski definition) is 3. The number of rotatable bonds is 18. The molecule has 208 valence electrons. The van der Waals surface area contributed by atoms with Gasteiger partial charge in [-0.05, 0) is 0 Å². The maximum absolute atomic E-state index is 8.88. The van der Waals surface area contributed by atoms with Crippen molar-refractivity contribution in [1.82, 2.24) is 0 Å². The van der Waals surface area contributed by atoms with Crippen molar-refractivity contribution in [1.29, 1.82) is 0 Å². The molecule has 0 saturated heterocycles. The Morgan fingerprint density at radius 1 is 0.528 bits per heavy atom. The molecule has 0 atom stereocenters. The van der Waals surface area contributed by atoms with Gasteiger partial charge in [-0.1, -0.05) is 13.8 Å². The first kappa shape index (κ1) is 33.1. The third-order valence-electron chi connectivity index (χ3n) is 6.11. The molecule has 0 bridgehead atoms. The second-order valence-corrected chi connectivity index (χ2v) is 11.9. The molecule has 0 spiro atoms. The number of phosphoric acid groups is 1. The molecule has 2 rings (SSSR count). The van der Waals surface area contributed by atoms with Gasteiger partial charge < -0.3 is 14.7 Å². The molecule has 3 N–H and O–H groups in total. The standard InChI is InChI=1S/2C15H23.Ni.H3O4P/c2*1-2-3-4-5-6-7-9-12-15-13-10-8-11-14-15;;1-5(2,3)4/h2*10-11,13-14H,2-7,9,12H2,1H3;;(H3,1,2,3,4). The fourth-order valence-electron chi connectivity index (χ4n) is 4.06. The Hall–Kier alpha value is -0.956. The summed E-state index contributed by atoms with van der Waals surface area (Å²) in [6.07, 6.45) is 21.9. The van der Waals surface area contributed by atoms with Crippen LogP contribution in [0, 0.1) is 0 Å². The van der Waals surface area contributed by atoms with Crippen LogP contribution in [0.1, 0.15) is 115 Å². The Kier molecular flexibility index (Phi) is 19.3. The van der Waals surface area contributed by atoms with Crippen LogP contribution in [0.2, 0.25) is 0 Å². The van der Waals surface area contributed by atoms with Crippen molar-refractivity contribution in [2.45, 2.75) is 117 Å². The van der Waals surface area contributed by atoms with Gasteiger partial charge in [0.15, 0.2) is 0 Å². The van der Waals surface area contributed by atoms with Crippen molar-refractivity contribution in [3.63, 3.8) is 0 Å². The zero-order chi connectivity index (χ0) is 26.5. The Morgan fingerprint density at radius 2 is 0.806 bits per heavy atom. The van der Waals surface area contributed by atoms with Crippen LogP contribution in [0.5, 0.6) is 0 Å². The zero-order valence-corrected chi connectivity index (χ0v) is 24.3. The first-order chi connectivity index (χ1) is 17.3. The smallest absolute Gasteiger partial charge is 0.303 e. The second-order valence-electron chi connectivity index (χ2n) is 9.52. The molecule has 36 heavy (non-hydrogen) atoms. The molecule has 0 aliphatic heterocycles. The van der Waals surface area contributed by atoms with Crippen LogP contribution in [-0.2, 0) is 31.8 Å². The summed E-state index contributed by atoms with van der Waals surface area (Å²) in [6, 6.07) is 18.6. The largest absolute Gasteiger partial charge is 0.466 e. The minimum absolute atomic E-state index is 1.23. The van der Waals surface area contributed by atoms with Gasteiger partial charge in [0.1, 0.15) is 0 Å². The maximum atomic E-state index is 8.88. The summed E-state index contributed by atoms with van der Waals surface area (Å²) < 4.78 is 11.6. The van der Waals surface area contributed by atoms with Gasteiger partial charge in [-0.3, -0.25) is 0 Å². The van der Waals surface area contributed by atoms with Gasteiger partial charge in [0, 0.05) is 0 Å². The molecular formula is C30H49NiO4P. The summed E-state index contributed by atoms with van der Waals surface area (Å²) in [4.78, 5) is 21.6. The predicted octanol–water partition coefficient (Wildman–Crippen LogP) is 7.38. The fraction of sp³-hybridized carbons (Fsp3) is 0.600. The average molecular weight is 563 g/mol. The van der Waals surface area contributed by atoms with E-state index in [0.29, 0.717) is 0 Å². The van der Waals surface area contributed by atoms with Crippen LogP contribution in [-0.4, -0.2) is 14.7 Å². The third kappa shape index (κ3) is 20.1. The molecule has 0 fully saturated rings. The average Bonchev–Trinajstić information content (AvgIpc) is 2.84. The Bertz CT molecular complexity index is 750. The summed E-state index contributed by atoms with van der Waals surface area (Å²) in [7, 11) is -4.64. The monoisotopic (exact) mass is 562 g/mol. The first-order valence-corrected chi connectivity index (χ1v) is 16.4. The SMILES string of the molecule is CCCCCCCCCc1cc[c]([Ni][c]2ccc(CCCCCCCCC)cc2)cc1.O=P(O)(O)O. The van der Waals surface area contributed by atoms with E-state index in [0.717, 1.165) is 0 Å². The normalized spacial score (nSPS) is 11.4. The molecule has 0 aromatic heterocycles. The fourth-order valence-corrected chi connectivity index (χ4v) is 5.05. The summed E-state index contributed by atoms with van der Waals surface area (Å²) in [5, 5.41) is 0. The Morgan fingerprint density at radius 3 is 1.11 bits per heavy atom. The molecule has 0 radical (unpaired) electrons. The molecule has 2 aromatic rings. The summed E-state index contributed by atoms with van der Waals surface area (Å²) in [5.41, 5.74) is 2.98. The molecule has 0 saturated carbocycles. The van der Waals surface area contributed by atoms with Crippen LogP contribution >= 0.6 is 7.82 Å². The summed E-state index contributed by atoms with van der Waals surface area (Å²) >= 11 is 1.68. The van der Waals surface area contributed by atoms with Gasteiger partial charge in [0.25, 0.3) is 0 Å². The van der Waals surface area contributed by atoms with E-state index >= 15 is 0 Å². The molecule has 0 heterocycles. The Labute approximate surface area is 226 Å². The van der Waals surface area contributed by atoms with Gasteiger partial charge in [0.2, 0.25) is 0 Å². The van der Waals surface area contributed by atoms with E-state index in [4.69, 9.17) is 19.2 Å². The van der Waals surface area contributed by atoms with Crippen molar-refractivity contribution in [3.8, 4) is 0 Å². The van der Waals surface area contributed by atoms with Gasteiger partial charge in [-0.2, -0.15) is 0 Å². The quantitative estimate of drug-likeness (QED) is 0.101. The maximum Gasteiger partial charge on any atom is 0.466 e. The second kappa shape index (κ2) is 21.0. The van der Waals surface area contributed by atoms with Crippen LogP contribution in [0.25, 0.3) is 0 Å².